The quantitative estimate of drug-likeness (QED) is 0.439. The Labute approximate surface area is 197 Å². The van der Waals surface area contributed by atoms with Crippen molar-refractivity contribution >= 4 is 5.91 Å². The van der Waals surface area contributed by atoms with E-state index in [0.29, 0.717) is 41.5 Å². The van der Waals surface area contributed by atoms with Gasteiger partial charge in [0.15, 0.2) is 17.3 Å². The molecule has 0 aliphatic rings. The Morgan fingerprint density at radius 2 is 1.59 bits per heavy atom. The third-order valence-corrected chi connectivity index (χ3v) is 5.16. The number of rotatable bonds is 11. The van der Waals surface area contributed by atoms with Crippen molar-refractivity contribution in [2.75, 3.05) is 35.0 Å². The molecule has 0 spiro atoms. The van der Waals surface area contributed by atoms with Gasteiger partial charge in [-0.3, -0.25) is 9.59 Å². The zero-order valence-corrected chi connectivity index (χ0v) is 19.6. The van der Waals surface area contributed by atoms with E-state index in [2.05, 4.69) is 20.5 Å². The summed E-state index contributed by atoms with van der Waals surface area (Å²) in [5.74, 6) is 2.52. The number of aromatic amines is 1. The number of nitrogens with zero attached hydrogens (tertiary/aromatic N) is 2. The van der Waals surface area contributed by atoms with Gasteiger partial charge in [-0.05, 0) is 36.2 Å². The molecule has 0 unspecified atom stereocenters. The zero-order valence-electron chi connectivity index (χ0n) is 19.6. The third-order valence-electron chi connectivity index (χ3n) is 5.16. The van der Waals surface area contributed by atoms with Gasteiger partial charge in [-0.2, -0.15) is 0 Å². The molecule has 0 bridgehead atoms. The molecule has 0 saturated heterocycles. The predicted molar refractivity (Wildman–Crippen MR) is 126 cm³/mol. The van der Waals surface area contributed by atoms with Gasteiger partial charge < -0.3 is 29.2 Å². The van der Waals surface area contributed by atoms with Gasteiger partial charge in [-0.1, -0.05) is 6.07 Å². The average molecular weight is 469 g/mol. The van der Waals surface area contributed by atoms with E-state index in [0.717, 1.165) is 5.56 Å². The minimum atomic E-state index is -0.398. The minimum absolute atomic E-state index is 0.121. The first kappa shape index (κ1) is 24.6. The highest BCUT2D eigenvalue weighted by Crippen LogP contribution is 2.28. The molecule has 0 fully saturated rings. The highest BCUT2D eigenvalue weighted by atomic mass is 16.5. The molecule has 1 aromatic heterocycles. The molecule has 1 heterocycles. The fourth-order valence-electron chi connectivity index (χ4n) is 3.30. The number of hydrogen-bond acceptors (Lipinski definition) is 8. The van der Waals surface area contributed by atoms with E-state index in [1.54, 1.807) is 32.4 Å². The molecule has 10 nitrogen and oxygen atoms in total. The first-order valence-corrected chi connectivity index (χ1v) is 10.6. The van der Waals surface area contributed by atoms with Gasteiger partial charge in [0.05, 0.1) is 28.4 Å². The van der Waals surface area contributed by atoms with Crippen molar-refractivity contribution in [3.05, 3.63) is 58.0 Å². The van der Waals surface area contributed by atoms with Gasteiger partial charge in [0.25, 0.3) is 5.56 Å². The Kier molecular flexibility index (Phi) is 8.44. The Morgan fingerprint density at radius 3 is 2.21 bits per heavy atom. The van der Waals surface area contributed by atoms with Crippen molar-refractivity contribution in [1.29, 1.82) is 0 Å². The van der Waals surface area contributed by atoms with Crippen LogP contribution in [-0.2, 0) is 17.6 Å². The zero-order chi connectivity index (χ0) is 24.5. The number of hydrogen-bond donors (Lipinski definition) is 2. The smallest absolute Gasteiger partial charge is 0.273 e. The largest absolute Gasteiger partial charge is 0.497 e. The highest BCUT2D eigenvalue weighted by Gasteiger charge is 2.12. The summed E-state index contributed by atoms with van der Waals surface area (Å²) in [6, 6.07) is 10.8. The maximum Gasteiger partial charge on any atom is 0.273 e. The van der Waals surface area contributed by atoms with Crippen LogP contribution in [0.4, 0.5) is 0 Å². The summed E-state index contributed by atoms with van der Waals surface area (Å²) in [5.41, 5.74) is 1.39. The Hall–Kier alpha value is -4.08. The van der Waals surface area contributed by atoms with Crippen molar-refractivity contribution in [2.24, 2.45) is 0 Å². The highest BCUT2D eigenvalue weighted by molar-refractivity contribution is 5.76. The molecule has 0 aliphatic carbocycles. The Morgan fingerprint density at radius 1 is 0.882 bits per heavy atom. The summed E-state index contributed by atoms with van der Waals surface area (Å²) >= 11 is 0. The topological polar surface area (TPSA) is 125 Å². The molecule has 0 saturated carbocycles. The molecule has 34 heavy (non-hydrogen) atoms. The molecular formula is C24H28N4O6. The molecule has 180 valence electrons. The van der Waals surface area contributed by atoms with Crippen LogP contribution < -0.4 is 29.8 Å². The molecule has 3 rings (SSSR count). The maximum atomic E-state index is 12.5. The standard InChI is InChI=1S/C24H28N4O6/c1-31-17-12-16(13-18(14-17)32-2)23-26-24(30)19(27-28-23)6-8-22(29)25-10-9-15-5-7-20(33-3)21(11-15)34-4/h5,7,11-14H,6,8-10H2,1-4H3,(H,25,29)(H,26,28,30). The fourth-order valence-corrected chi connectivity index (χ4v) is 3.30. The molecule has 10 heteroatoms. The molecule has 0 radical (unpaired) electrons. The maximum absolute atomic E-state index is 12.5. The van der Waals surface area contributed by atoms with Crippen LogP contribution in [0.5, 0.6) is 23.0 Å². The summed E-state index contributed by atoms with van der Waals surface area (Å²) in [6.07, 6.45) is 0.924. The molecule has 3 aromatic rings. The molecule has 1 amide bonds. The second kappa shape index (κ2) is 11.7. The molecular weight excluding hydrogens is 440 g/mol. The number of carbonyl (C=O) groups is 1. The minimum Gasteiger partial charge on any atom is -0.497 e. The first-order valence-electron chi connectivity index (χ1n) is 10.6. The van der Waals surface area contributed by atoms with Crippen molar-refractivity contribution in [1.82, 2.24) is 20.5 Å². The molecule has 2 aromatic carbocycles. The van der Waals surface area contributed by atoms with Crippen LogP contribution in [0.15, 0.2) is 41.2 Å². The fraction of sp³-hybridized carbons (Fsp3) is 0.333. The monoisotopic (exact) mass is 468 g/mol. The lowest BCUT2D eigenvalue weighted by Gasteiger charge is -2.10. The summed E-state index contributed by atoms with van der Waals surface area (Å²) in [5, 5.41) is 11.0. The van der Waals surface area contributed by atoms with E-state index in [1.807, 2.05) is 18.2 Å². The van der Waals surface area contributed by atoms with Gasteiger partial charge in [0.2, 0.25) is 5.91 Å². The summed E-state index contributed by atoms with van der Waals surface area (Å²) < 4.78 is 21.0. The molecule has 2 N–H and O–H groups in total. The van der Waals surface area contributed by atoms with E-state index >= 15 is 0 Å². The van der Waals surface area contributed by atoms with E-state index in [1.165, 1.54) is 14.2 Å². The third kappa shape index (κ3) is 6.25. The van der Waals surface area contributed by atoms with E-state index < -0.39 is 5.56 Å². The average Bonchev–Trinajstić information content (AvgIpc) is 2.87. The Bertz CT molecular complexity index is 1170. The summed E-state index contributed by atoms with van der Waals surface area (Å²) in [6.45, 7) is 0.451. The van der Waals surface area contributed by atoms with Crippen LogP contribution in [0.2, 0.25) is 0 Å². The van der Waals surface area contributed by atoms with Crippen molar-refractivity contribution in [3.8, 4) is 34.4 Å². The normalized spacial score (nSPS) is 10.5. The lowest BCUT2D eigenvalue weighted by molar-refractivity contribution is -0.121. The van der Waals surface area contributed by atoms with Crippen LogP contribution in [-0.4, -0.2) is 56.1 Å². The first-order chi connectivity index (χ1) is 16.5. The van der Waals surface area contributed by atoms with E-state index in [9.17, 15) is 9.59 Å². The van der Waals surface area contributed by atoms with E-state index in [4.69, 9.17) is 18.9 Å². The molecule has 0 atom stereocenters. The summed E-state index contributed by atoms with van der Waals surface area (Å²) in [7, 11) is 6.23. The van der Waals surface area contributed by atoms with Gasteiger partial charge >= 0.3 is 0 Å². The lowest BCUT2D eigenvalue weighted by atomic mass is 10.1. The van der Waals surface area contributed by atoms with E-state index in [-0.39, 0.29) is 30.3 Å². The van der Waals surface area contributed by atoms with Crippen molar-refractivity contribution < 1.29 is 23.7 Å². The number of amides is 1. The Balaban J connectivity index is 1.55. The SMILES string of the molecule is COc1cc(OC)cc(-c2nnc(CCC(=O)NCCc3ccc(OC)c(OC)c3)c(=O)[nH]2)c1. The van der Waals surface area contributed by atoms with Crippen LogP contribution in [0, 0.1) is 0 Å². The second-order valence-corrected chi connectivity index (χ2v) is 7.34. The van der Waals surface area contributed by atoms with Crippen molar-refractivity contribution in [2.45, 2.75) is 19.3 Å². The number of aryl methyl sites for hydroxylation is 1. The predicted octanol–water partition coefficient (Wildman–Crippen LogP) is 2.16. The van der Waals surface area contributed by atoms with Crippen LogP contribution in [0.25, 0.3) is 11.4 Å². The van der Waals surface area contributed by atoms with Crippen LogP contribution >= 0.6 is 0 Å². The van der Waals surface area contributed by atoms with Gasteiger partial charge in [0, 0.05) is 31.0 Å². The summed E-state index contributed by atoms with van der Waals surface area (Å²) in [4.78, 5) is 27.4. The number of H-pyrrole nitrogens is 1. The van der Waals surface area contributed by atoms with Crippen LogP contribution in [0.3, 0.4) is 0 Å². The van der Waals surface area contributed by atoms with Gasteiger partial charge in [-0.25, -0.2) is 0 Å². The number of methoxy groups -OCH3 is 4. The van der Waals surface area contributed by atoms with Gasteiger partial charge in [0.1, 0.15) is 17.2 Å². The number of carbonyl (C=O) groups excluding carboxylic acids is 1. The van der Waals surface area contributed by atoms with Crippen molar-refractivity contribution in [3.63, 3.8) is 0 Å². The van der Waals surface area contributed by atoms with Gasteiger partial charge in [-0.15, -0.1) is 10.2 Å². The number of ether oxygens (including phenoxy) is 4. The number of nitrogens with one attached hydrogen (secondary N) is 2. The number of benzene rings is 2. The second-order valence-electron chi connectivity index (χ2n) is 7.34. The lowest BCUT2D eigenvalue weighted by Crippen LogP contribution is -2.27. The molecule has 0 aliphatic heterocycles. The van der Waals surface area contributed by atoms with Crippen LogP contribution in [0.1, 0.15) is 17.7 Å². The number of aromatic nitrogens is 3.